The number of aromatic nitrogens is 4. The SMILES string of the molecule is COC(C)(C)C12CC(C1)N(c1nccc(Nc3cc(C4CC4)[nH]n3)n1)C2. The molecule has 0 atom stereocenters. The van der Waals surface area contributed by atoms with Crippen molar-refractivity contribution in [2.24, 2.45) is 5.41 Å². The van der Waals surface area contributed by atoms with Crippen molar-refractivity contribution in [3.05, 3.63) is 24.0 Å². The molecule has 4 aliphatic rings. The zero-order valence-electron chi connectivity index (χ0n) is 15.6. The minimum atomic E-state index is -0.123. The van der Waals surface area contributed by atoms with Crippen LogP contribution >= 0.6 is 0 Å². The molecule has 2 saturated heterocycles. The molecule has 2 aromatic rings. The molecule has 0 amide bonds. The summed E-state index contributed by atoms with van der Waals surface area (Å²) in [4.78, 5) is 11.6. The summed E-state index contributed by atoms with van der Waals surface area (Å²) < 4.78 is 5.78. The lowest BCUT2D eigenvalue weighted by Crippen LogP contribution is -2.51. The van der Waals surface area contributed by atoms with Crippen LogP contribution in [0.4, 0.5) is 17.6 Å². The number of ether oxygens (including phenoxy) is 1. The molecule has 0 aromatic carbocycles. The zero-order chi connectivity index (χ0) is 17.9. The summed E-state index contributed by atoms with van der Waals surface area (Å²) in [6, 6.07) is 4.50. The third kappa shape index (κ3) is 2.40. The number of aromatic amines is 1. The smallest absolute Gasteiger partial charge is 0.227 e. The molecular weight excluding hydrogens is 328 g/mol. The summed E-state index contributed by atoms with van der Waals surface area (Å²) >= 11 is 0. The second kappa shape index (κ2) is 5.42. The van der Waals surface area contributed by atoms with Crippen LogP contribution in [0.15, 0.2) is 18.3 Å². The molecule has 4 heterocycles. The summed E-state index contributed by atoms with van der Waals surface area (Å²) in [7, 11) is 1.81. The van der Waals surface area contributed by atoms with Crippen LogP contribution in [0.1, 0.15) is 51.1 Å². The van der Waals surface area contributed by atoms with Crippen molar-refractivity contribution in [2.75, 3.05) is 23.9 Å². The molecule has 6 rings (SSSR count). The van der Waals surface area contributed by atoms with Gasteiger partial charge in [0, 0.05) is 49.0 Å². The van der Waals surface area contributed by atoms with Crippen molar-refractivity contribution in [3.63, 3.8) is 0 Å². The Hall–Kier alpha value is -2.15. The predicted molar refractivity (Wildman–Crippen MR) is 99.8 cm³/mol. The number of nitrogens with one attached hydrogen (secondary N) is 2. The molecule has 2 bridgehead atoms. The first-order valence-electron chi connectivity index (χ1n) is 9.47. The highest BCUT2D eigenvalue weighted by Crippen LogP contribution is 2.59. The Kier molecular flexibility index (Phi) is 3.35. The molecule has 4 fully saturated rings. The van der Waals surface area contributed by atoms with Gasteiger partial charge in [0.25, 0.3) is 0 Å². The molecule has 2 aliphatic heterocycles. The fourth-order valence-electron chi connectivity index (χ4n) is 4.47. The second-order valence-electron chi connectivity index (χ2n) is 8.53. The fraction of sp³-hybridized carbons (Fsp3) is 0.632. The number of H-pyrrole nitrogens is 1. The maximum Gasteiger partial charge on any atom is 0.227 e. The Morgan fingerprint density at radius 3 is 2.85 bits per heavy atom. The fourth-order valence-corrected chi connectivity index (χ4v) is 4.47. The van der Waals surface area contributed by atoms with Gasteiger partial charge in [-0.15, -0.1) is 0 Å². The van der Waals surface area contributed by atoms with Gasteiger partial charge in [0.15, 0.2) is 5.82 Å². The monoisotopic (exact) mass is 354 g/mol. The Morgan fingerprint density at radius 1 is 1.31 bits per heavy atom. The standard InChI is InChI=1S/C19H26N6O/c1-18(2,26-3)19-9-13(10-19)25(11-19)17-20-7-6-15(22-17)21-16-8-14(23-24-16)12-4-5-12/h6-8,12-13H,4-5,9-11H2,1-3H3,(H2,20,21,22,23,24). The summed E-state index contributed by atoms with van der Waals surface area (Å²) in [5.41, 5.74) is 1.30. The van der Waals surface area contributed by atoms with Gasteiger partial charge in [-0.25, -0.2) is 4.98 Å². The molecule has 2 aliphatic carbocycles. The van der Waals surface area contributed by atoms with E-state index in [1.54, 1.807) is 0 Å². The minimum Gasteiger partial charge on any atom is -0.378 e. The number of fused-ring (bicyclic) bond motifs is 1. The molecule has 138 valence electrons. The van der Waals surface area contributed by atoms with Crippen molar-refractivity contribution in [1.29, 1.82) is 0 Å². The van der Waals surface area contributed by atoms with E-state index in [4.69, 9.17) is 9.72 Å². The highest BCUT2D eigenvalue weighted by Gasteiger charge is 2.63. The average molecular weight is 354 g/mol. The van der Waals surface area contributed by atoms with E-state index in [9.17, 15) is 0 Å². The third-order valence-electron chi connectivity index (χ3n) is 6.72. The predicted octanol–water partition coefficient (Wildman–Crippen LogP) is 3.21. The van der Waals surface area contributed by atoms with Gasteiger partial charge in [-0.1, -0.05) is 0 Å². The van der Waals surface area contributed by atoms with E-state index in [-0.39, 0.29) is 11.0 Å². The molecule has 2 saturated carbocycles. The van der Waals surface area contributed by atoms with Crippen LogP contribution in [0.2, 0.25) is 0 Å². The summed E-state index contributed by atoms with van der Waals surface area (Å²) in [5.74, 6) is 3.06. The van der Waals surface area contributed by atoms with Crippen molar-refractivity contribution in [2.45, 2.75) is 57.1 Å². The quantitative estimate of drug-likeness (QED) is 0.829. The van der Waals surface area contributed by atoms with Crippen LogP contribution in [-0.4, -0.2) is 45.5 Å². The first-order valence-corrected chi connectivity index (χ1v) is 9.47. The number of hydrogen-bond acceptors (Lipinski definition) is 6. The summed E-state index contributed by atoms with van der Waals surface area (Å²) in [6.45, 7) is 5.34. The number of nitrogens with zero attached hydrogens (tertiary/aromatic N) is 4. The molecule has 0 unspecified atom stereocenters. The van der Waals surface area contributed by atoms with E-state index in [0.717, 1.165) is 37.0 Å². The van der Waals surface area contributed by atoms with Gasteiger partial charge in [0.1, 0.15) is 5.82 Å². The molecular formula is C19H26N6O. The van der Waals surface area contributed by atoms with Crippen molar-refractivity contribution in [1.82, 2.24) is 20.2 Å². The molecule has 2 N–H and O–H groups in total. The third-order valence-corrected chi connectivity index (χ3v) is 6.72. The van der Waals surface area contributed by atoms with E-state index in [2.05, 4.69) is 45.3 Å². The average Bonchev–Trinajstić information content (AvgIpc) is 3.06. The summed E-state index contributed by atoms with van der Waals surface area (Å²) in [6.07, 6.45) is 6.64. The lowest BCUT2D eigenvalue weighted by atomic mass is 9.61. The number of methoxy groups -OCH3 is 1. The maximum atomic E-state index is 5.78. The molecule has 0 spiro atoms. The van der Waals surface area contributed by atoms with Gasteiger partial charge in [-0.2, -0.15) is 10.1 Å². The van der Waals surface area contributed by atoms with Crippen molar-refractivity contribution < 1.29 is 4.74 Å². The second-order valence-corrected chi connectivity index (χ2v) is 8.53. The van der Waals surface area contributed by atoms with Crippen LogP contribution < -0.4 is 10.2 Å². The molecule has 0 radical (unpaired) electrons. The van der Waals surface area contributed by atoms with Crippen molar-refractivity contribution >= 4 is 17.6 Å². The lowest BCUT2D eigenvalue weighted by Gasteiger charge is -2.47. The largest absolute Gasteiger partial charge is 0.378 e. The van der Waals surface area contributed by atoms with Gasteiger partial charge in [0.05, 0.1) is 5.60 Å². The highest BCUT2D eigenvalue weighted by molar-refractivity contribution is 5.54. The van der Waals surface area contributed by atoms with Gasteiger partial charge < -0.3 is 15.0 Å². The zero-order valence-corrected chi connectivity index (χ0v) is 15.6. The van der Waals surface area contributed by atoms with Crippen LogP contribution in [0.5, 0.6) is 0 Å². The first kappa shape index (κ1) is 16.1. The number of hydrogen-bond donors (Lipinski definition) is 2. The molecule has 7 heteroatoms. The molecule has 26 heavy (non-hydrogen) atoms. The van der Waals surface area contributed by atoms with E-state index in [0.29, 0.717) is 12.0 Å². The van der Waals surface area contributed by atoms with Crippen molar-refractivity contribution in [3.8, 4) is 0 Å². The van der Waals surface area contributed by atoms with E-state index in [1.807, 2.05) is 19.4 Å². The van der Waals surface area contributed by atoms with Crippen LogP contribution in [0.25, 0.3) is 0 Å². The normalized spacial score (nSPS) is 27.5. The van der Waals surface area contributed by atoms with E-state index >= 15 is 0 Å². The molecule has 7 nitrogen and oxygen atoms in total. The van der Waals surface area contributed by atoms with Gasteiger partial charge in [-0.3, -0.25) is 5.10 Å². The molecule has 2 aromatic heterocycles. The van der Waals surface area contributed by atoms with Crippen LogP contribution in [-0.2, 0) is 4.74 Å². The lowest BCUT2D eigenvalue weighted by molar-refractivity contribution is -0.104. The van der Waals surface area contributed by atoms with E-state index < -0.39 is 0 Å². The summed E-state index contributed by atoms with van der Waals surface area (Å²) in [5, 5.41) is 10.8. The minimum absolute atomic E-state index is 0.123. The Morgan fingerprint density at radius 2 is 2.12 bits per heavy atom. The Bertz CT molecular complexity index is 821. The number of rotatable bonds is 6. The first-order chi connectivity index (χ1) is 12.5. The maximum absolute atomic E-state index is 5.78. The topological polar surface area (TPSA) is 79.0 Å². The van der Waals surface area contributed by atoms with Gasteiger partial charge >= 0.3 is 0 Å². The Balaban J connectivity index is 1.33. The highest BCUT2D eigenvalue weighted by atomic mass is 16.5. The number of anilines is 3. The van der Waals surface area contributed by atoms with Gasteiger partial charge in [0.2, 0.25) is 5.95 Å². The van der Waals surface area contributed by atoms with Crippen LogP contribution in [0, 0.1) is 5.41 Å². The van der Waals surface area contributed by atoms with Crippen LogP contribution in [0.3, 0.4) is 0 Å². The Labute approximate surface area is 153 Å². The van der Waals surface area contributed by atoms with E-state index in [1.165, 1.54) is 18.5 Å². The van der Waals surface area contributed by atoms with Gasteiger partial charge in [-0.05, 0) is 45.6 Å².